The molecule has 2 rings (SSSR count). The highest BCUT2D eigenvalue weighted by Crippen LogP contribution is 2.44. The van der Waals surface area contributed by atoms with Gasteiger partial charge in [0.25, 0.3) is 0 Å². The fourth-order valence-electron chi connectivity index (χ4n) is 2.88. The Balaban J connectivity index is 2.48. The lowest BCUT2D eigenvalue weighted by atomic mass is 9.74. The molecule has 25 heavy (non-hydrogen) atoms. The molecule has 0 aliphatic rings. The zero-order valence-electron chi connectivity index (χ0n) is 14.4. The molecule has 2 aromatic rings. The molecule has 0 saturated carbocycles. The third-order valence-electron chi connectivity index (χ3n) is 4.19. The van der Waals surface area contributed by atoms with Crippen LogP contribution >= 0.6 is 0 Å². The monoisotopic (exact) mass is 352 g/mol. The fraction of sp³-hybridized carbons (Fsp3) is 0.368. The number of alkyl halides is 3. The molecule has 1 unspecified atom stereocenters. The zero-order valence-corrected chi connectivity index (χ0v) is 14.4. The Morgan fingerprint density at radius 1 is 1.16 bits per heavy atom. The summed E-state index contributed by atoms with van der Waals surface area (Å²) in [5.41, 5.74) is -1.89. The van der Waals surface area contributed by atoms with Crippen LogP contribution in [-0.2, 0) is 5.41 Å². The quantitative estimate of drug-likeness (QED) is 0.858. The summed E-state index contributed by atoms with van der Waals surface area (Å²) < 4.78 is 44.5. The molecular weight excluding hydrogens is 331 g/mol. The molecule has 0 saturated heterocycles. The van der Waals surface area contributed by atoms with Gasteiger partial charge < -0.3 is 9.84 Å². The second-order valence-corrected chi connectivity index (χ2v) is 6.75. The minimum Gasteiger partial charge on any atom is -0.496 e. The molecule has 135 valence electrons. The number of aliphatic hydroxyl groups is 1. The molecule has 3 nitrogen and oxygen atoms in total. The first kappa shape index (κ1) is 19.2. The standard InChI is InChI=1S/C19H21F3NO2/c1-17(2,12-18(3,24)19(20,21)22)15-10-13(7-8-16(15)25-4)14-6-5-9-23-11-14/h5-11,24H,3,12H2,1-2,4H3. The van der Waals surface area contributed by atoms with Gasteiger partial charge in [-0.1, -0.05) is 26.0 Å². The van der Waals surface area contributed by atoms with Crippen LogP contribution in [0.4, 0.5) is 13.2 Å². The van der Waals surface area contributed by atoms with Crippen LogP contribution in [0.25, 0.3) is 11.1 Å². The first-order valence-electron chi connectivity index (χ1n) is 7.71. The number of methoxy groups -OCH3 is 1. The second kappa shape index (κ2) is 6.67. The SMILES string of the molecule is [CH2]C(O)(CC(C)(C)c1cc(-c2cccnc2)ccc1OC)C(F)(F)F. The van der Waals surface area contributed by atoms with E-state index in [0.717, 1.165) is 11.1 Å². The van der Waals surface area contributed by atoms with Gasteiger partial charge in [-0.3, -0.25) is 4.98 Å². The first-order chi connectivity index (χ1) is 11.5. The smallest absolute Gasteiger partial charge is 0.417 e. The van der Waals surface area contributed by atoms with Crippen LogP contribution in [0, 0.1) is 6.92 Å². The highest BCUT2D eigenvalue weighted by Gasteiger charge is 2.52. The van der Waals surface area contributed by atoms with Crippen molar-refractivity contribution in [2.45, 2.75) is 37.5 Å². The van der Waals surface area contributed by atoms with Crippen molar-refractivity contribution in [1.82, 2.24) is 4.98 Å². The Bertz CT molecular complexity index is 725. The van der Waals surface area contributed by atoms with Crippen LogP contribution in [0.15, 0.2) is 42.7 Å². The molecule has 1 aromatic heterocycles. The Hall–Kier alpha value is -2.08. The summed E-state index contributed by atoms with van der Waals surface area (Å²) in [6.07, 6.45) is -2.11. The van der Waals surface area contributed by atoms with E-state index >= 15 is 0 Å². The van der Waals surface area contributed by atoms with E-state index in [1.807, 2.05) is 12.1 Å². The lowest BCUT2D eigenvalue weighted by Crippen LogP contribution is -2.46. The first-order valence-corrected chi connectivity index (χ1v) is 7.71. The number of aromatic nitrogens is 1. The van der Waals surface area contributed by atoms with Gasteiger partial charge in [0.2, 0.25) is 0 Å². The summed E-state index contributed by atoms with van der Waals surface area (Å²) in [6, 6.07) is 8.93. The molecule has 1 heterocycles. The molecule has 0 fully saturated rings. The van der Waals surface area contributed by atoms with Crippen molar-refractivity contribution in [1.29, 1.82) is 0 Å². The van der Waals surface area contributed by atoms with Gasteiger partial charge in [-0.05, 0) is 42.5 Å². The number of halogens is 3. The van der Waals surface area contributed by atoms with Gasteiger partial charge in [0.1, 0.15) is 5.75 Å². The van der Waals surface area contributed by atoms with Crippen molar-refractivity contribution in [3.63, 3.8) is 0 Å². The van der Waals surface area contributed by atoms with E-state index in [1.54, 1.807) is 44.4 Å². The van der Waals surface area contributed by atoms with E-state index in [2.05, 4.69) is 11.9 Å². The largest absolute Gasteiger partial charge is 0.496 e. The highest BCUT2D eigenvalue weighted by molar-refractivity contribution is 5.65. The van der Waals surface area contributed by atoms with E-state index in [-0.39, 0.29) is 0 Å². The van der Waals surface area contributed by atoms with Crippen LogP contribution in [-0.4, -0.2) is 29.0 Å². The van der Waals surface area contributed by atoms with Crippen LogP contribution in [0.1, 0.15) is 25.8 Å². The van der Waals surface area contributed by atoms with Crippen molar-refractivity contribution in [3.05, 3.63) is 55.2 Å². The topological polar surface area (TPSA) is 42.4 Å². The molecule has 6 heteroatoms. The van der Waals surface area contributed by atoms with Gasteiger partial charge >= 0.3 is 6.18 Å². The number of ether oxygens (including phenoxy) is 1. The average molecular weight is 352 g/mol. The number of nitrogens with zero attached hydrogens (tertiary/aromatic N) is 1. The van der Waals surface area contributed by atoms with Gasteiger partial charge in [0, 0.05) is 23.5 Å². The summed E-state index contributed by atoms with van der Waals surface area (Å²) in [6.45, 7) is 6.22. The number of hydrogen-bond donors (Lipinski definition) is 1. The third-order valence-corrected chi connectivity index (χ3v) is 4.19. The number of benzene rings is 1. The summed E-state index contributed by atoms with van der Waals surface area (Å²) in [4.78, 5) is 4.06. The van der Waals surface area contributed by atoms with Gasteiger partial charge in [-0.2, -0.15) is 13.2 Å². The maximum atomic E-state index is 13.1. The summed E-state index contributed by atoms with van der Waals surface area (Å²) in [7, 11) is 1.46. The highest BCUT2D eigenvalue weighted by atomic mass is 19.4. The molecule has 0 spiro atoms. The summed E-state index contributed by atoms with van der Waals surface area (Å²) in [5.74, 6) is 0.454. The maximum absolute atomic E-state index is 13.1. The molecule has 1 radical (unpaired) electrons. The van der Waals surface area contributed by atoms with Crippen LogP contribution in [0.2, 0.25) is 0 Å². The molecule has 0 amide bonds. The third kappa shape index (κ3) is 4.12. The lowest BCUT2D eigenvalue weighted by molar-refractivity contribution is -0.247. The molecule has 0 aliphatic heterocycles. The fourth-order valence-corrected chi connectivity index (χ4v) is 2.88. The Labute approximate surface area is 145 Å². The van der Waals surface area contributed by atoms with Crippen molar-refractivity contribution < 1.29 is 23.0 Å². The predicted molar refractivity (Wildman–Crippen MR) is 90.2 cm³/mol. The maximum Gasteiger partial charge on any atom is 0.417 e. The van der Waals surface area contributed by atoms with Crippen LogP contribution in [0.3, 0.4) is 0 Å². The van der Waals surface area contributed by atoms with Gasteiger partial charge in [-0.15, -0.1) is 0 Å². The Kier molecular flexibility index (Phi) is 5.14. The normalized spacial score (nSPS) is 14.9. The molecular formula is C19H21F3NO2. The minimum atomic E-state index is -4.82. The average Bonchev–Trinajstić information content (AvgIpc) is 2.53. The predicted octanol–water partition coefficient (Wildman–Crippen LogP) is 4.55. The van der Waals surface area contributed by atoms with Crippen molar-refractivity contribution in [3.8, 4) is 16.9 Å². The van der Waals surface area contributed by atoms with E-state index < -0.39 is 23.6 Å². The van der Waals surface area contributed by atoms with Crippen molar-refractivity contribution in [2.24, 2.45) is 0 Å². The van der Waals surface area contributed by atoms with E-state index in [1.165, 1.54) is 7.11 Å². The zero-order chi connectivity index (χ0) is 18.9. The van der Waals surface area contributed by atoms with Crippen LogP contribution < -0.4 is 4.74 Å². The Morgan fingerprint density at radius 3 is 2.36 bits per heavy atom. The summed E-state index contributed by atoms with van der Waals surface area (Å²) in [5, 5.41) is 9.81. The van der Waals surface area contributed by atoms with Crippen molar-refractivity contribution in [2.75, 3.05) is 7.11 Å². The van der Waals surface area contributed by atoms with E-state index in [4.69, 9.17) is 4.74 Å². The number of pyridine rings is 1. The molecule has 1 atom stereocenters. The summed E-state index contributed by atoms with van der Waals surface area (Å²) >= 11 is 0. The lowest BCUT2D eigenvalue weighted by Gasteiger charge is -2.36. The van der Waals surface area contributed by atoms with Crippen LogP contribution in [0.5, 0.6) is 5.75 Å². The van der Waals surface area contributed by atoms with E-state index in [0.29, 0.717) is 11.3 Å². The Morgan fingerprint density at radius 2 is 1.84 bits per heavy atom. The second-order valence-electron chi connectivity index (χ2n) is 6.75. The van der Waals surface area contributed by atoms with Gasteiger partial charge in [0.05, 0.1) is 7.11 Å². The number of hydrogen-bond acceptors (Lipinski definition) is 3. The molecule has 0 bridgehead atoms. The van der Waals surface area contributed by atoms with Gasteiger partial charge in [-0.25, -0.2) is 0 Å². The van der Waals surface area contributed by atoms with E-state index in [9.17, 15) is 18.3 Å². The van der Waals surface area contributed by atoms with Gasteiger partial charge in [0.15, 0.2) is 5.60 Å². The molecule has 1 aromatic carbocycles. The molecule has 1 N–H and O–H groups in total. The number of rotatable bonds is 5. The molecule has 0 aliphatic carbocycles. The van der Waals surface area contributed by atoms with Crippen molar-refractivity contribution >= 4 is 0 Å². The minimum absolute atomic E-state index is 0.454.